The normalized spacial score (nSPS) is 11.0. The maximum atomic E-state index is 12.6. The number of nitrogens with zero attached hydrogens (tertiary/aromatic N) is 5. The number of aromatic nitrogens is 5. The van der Waals surface area contributed by atoms with Crippen molar-refractivity contribution in [3.8, 4) is 22.6 Å². The first-order valence-electron chi connectivity index (χ1n) is 10.8. The highest BCUT2D eigenvalue weighted by atomic mass is 32.1. The fourth-order valence-corrected chi connectivity index (χ4v) is 4.35. The van der Waals surface area contributed by atoms with Gasteiger partial charge in [-0.15, -0.1) is 16.4 Å². The Morgan fingerprint density at radius 3 is 2.65 bits per heavy atom. The second-order valence-electron chi connectivity index (χ2n) is 7.79. The molecule has 9 heteroatoms. The predicted molar refractivity (Wildman–Crippen MR) is 132 cm³/mol. The smallest absolute Gasteiger partial charge is 0.343 e. The Bertz CT molecular complexity index is 1490. The monoisotopic (exact) mass is 470 g/mol. The summed E-state index contributed by atoms with van der Waals surface area (Å²) in [4.78, 5) is 26.9. The van der Waals surface area contributed by atoms with Crippen LogP contribution < -0.4 is 5.32 Å². The molecule has 0 amide bonds. The third-order valence-electron chi connectivity index (χ3n) is 5.22. The predicted octanol–water partition coefficient (Wildman–Crippen LogP) is 5.45. The molecule has 0 unspecified atom stereocenters. The molecule has 0 radical (unpaired) electrons. The number of ether oxygens (including phenoxy) is 1. The van der Waals surface area contributed by atoms with Crippen molar-refractivity contribution < 1.29 is 9.53 Å². The molecule has 170 valence electrons. The topological polar surface area (TPSA) is 94.3 Å². The van der Waals surface area contributed by atoms with Gasteiger partial charge in [-0.25, -0.2) is 19.3 Å². The van der Waals surface area contributed by atoms with Crippen LogP contribution in [0.1, 0.15) is 28.4 Å². The van der Waals surface area contributed by atoms with E-state index < -0.39 is 5.97 Å². The molecule has 0 bridgehead atoms. The second kappa shape index (κ2) is 9.03. The van der Waals surface area contributed by atoms with Gasteiger partial charge in [0.05, 0.1) is 12.3 Å². The van der Waals surface area contributed by atoms with E-state index in [0.29, 0.717) is 17.6 Å². The van der Waals surface area contributed by atoms with E-state index in [-0.39, 0.29) is 12.2 Å². The lowest BCUT2D eigenvalue weighted by molar-refractivity contribution is 0.0526. The molecule has 0 saturated heterocycles. The number of benzene rings is 2. The van der Waals surface area contributed by atoms with Crippen molar-refractivity contribution in [2.45, 2.75) is 20.8 Å². The van der Waals surface area contributed by atoms with Gasteiger partial charge in [-0.2, -0.15) is 4.98 Å². The molecule has 0 aliphatic heterocycles. The van der Waals surface area contributed by atoms with Crippen molar-refractivity contribution in [3.05, 3.63) is 76.8 Å². The Hall–Kier alpha value is -4.11. The zero-order chi connectivity index (χ0) is 23.7. The fraction of sp³-hybridized carbons (Fsp3) is 0.160. The molecule has 3 aromatic heterocycles. The van der Waals surface area contributed by atoms with Crippen LogP contribution in [0.25, 0.3) is 27.6 Å². The number of fused-ring (bicyclic) bond motifs is 1. The molecule has 0 saturated carbocycles. The van der Waals surface area contributed by atoms with Crippen LogP contribution in [0.3, 0.4) is 0 Å². The van der Waals surface area contributed by atoms with Gasteiger partial charge in [-0.3, -0.25) is 0 Å². The summed E-state index contributed by atoms with van der Waals surface area (Å²) >= 11 is 1.49. The van der Waals surface area contributed by atoms with E-state index in [0.717, 1.165) is 27.3 Å². The standard InChI is InChI=1S/C25H22N6O2S/c1-4-33-23(32)19-13-26-21(18-7-5-6-16(3)12-18)27-22(19)28-24-29-25-31(30-24)20(14-34-25)17-10-8-15(2)9-11-17/h5-14H,4H2,1-3H3,(H,26,27,28,30). The van der Waals surface area contributed by atoms with Crippen LogP contribution >= 0.6 is 11.3 Å². The number of esters is 1. The molecule has 0 spiro atoms. The van der Waals surface area contributed by atoms with E-state index in [4.69, 9.17) is 4.74 Å². The minimum Gasteiger partial charge on any atom is -0.462 e. The summed E-state index contributed by atoms with van der Waals surface area (Å²) in [6, 6.07) is 16.1. The number of nitrogens with one attached hydrogen (secondary N) is 1. The summed E-state index contributed by atoms with van der Waals surface area (Å²) in [5.74, 6) is 0.600. The van der Waals surface area contributed by atoms with Crippen LogP contribution in [-0.4, -0.2) is 37.1 Å². The molecule has 34 heavy (non-hydrogen) atoms. The van der Waals surface area contributed by atoms with Gasteiger partial charge in [-0.05, 0) is 26.8 Å². The highest BCUT2D eigenvalue weighted by molar-refractivity contribution is 7.15. The lowest BCUT2D eigenvalue weighted by Gasteiger charge is -2.10. The molecule has 5 rings (SSSR count). The number of rotatable bonds is 6. The van der Waals surface area contributed by atoms with E-state index in [1.165, 1.54) is 23.1 Å². The molecule has 0 aliphatic rings. The molecule has 3 heterocycles. The lowest BCUT2D eigenvalue weighted by Crippen LogP contribution is -2.11. The Labute approximate surface area is 200 Å². The molecule has 0 atom stereocenters. The van der Waals surface area contributed by atoms with E-state index in [1.54, 1.807) is 11.4 Å². The van der Waals surface area contributed by atoms with Crippen molar-refractivity contribution in [1.82, 2.24) is 24.6 Å². The maximum Gasteiger partial charge on any atom is 0.343 e. The van der Waals surface area contributed by atoms with E-state index >= 15 is 0 Å². The maximum absolute atomic E-state index is 12.6. The molecule has 0 aliphatic carbocycles. The van der Waals surface area contributed by atoms with Gasteiger partial charge in [0.1, 0.15) is 5.56 Å². The Balaban J connectivity index is 1.54. The summed E-state index contributed by atoms with van der Waals surface area (Å²) in [5, 5.41) is 9.76. The molecule has 1 N–H and O–H groups in total. The van der Waals surface area contributed by atoms with Gasteiger partial charge in [0, 0.05) is 22.7 Å². The zero-order valence-corrected chi connectivity index (χ0v) is 19.8. The first kappa shape index (κ1) is 21.7. The average molecular weight is 471 g/mol. The number of hydrogen-bond donors (Lipinski definition) is 1. The van der Waals surface area contributed by atoms with E-state index in [9.17, 15) is 4.79 Å². The largest absolute Gasteiger partial charge is 0.462 e. The van der Waals surface area contributed by atoms with Crippen LogP contribution in [0, 0.1) is 13.8 Å². The molecule has 0 fully saturated rings. The van der Waals surface area contributed by atoms with E-state index in [2.05, 4.69) is 56.6 Å². The van der Waals surface area contributed by atoms with Crippen LogP contribution in [0.5, 0.6) is 0 Å². The minimum absolute atomic E-state index is 0.218. The molecule has 8 nitrogen and oxygen atoms in total. The van der Waals surface area contributed by atoms with Crippen LogP contribution in [0.15, 0.2) is 60.1 Å². The highest BCUT2D eigenvalue weighted by Crippen LogP contribution is 2.28. The summed E-state index contributed by atoms with van der Waals surface area (Å²) in [6.45, 7) is 6.06. The first-order chi connectivity index (χ1) is 16.5. The van der Waals surface area contributed by atoms with E-state index in [1.807, 2.05) is 36.6 Å². The Kier molecular flexibility index (Phi) is 5.77. The number of hydrogen-bond acceptors (Lipinski definition) is 8. The summed E-state index contributed by atoms with van der Waals surface area (Å²) in [5.41, 5.74) is 5.33. The highest BCUT2D eigenvalue weighted by Gasteiger charge is 2.19. The summed E-state index contributed by atoms with van der Waals surface area (Å²) in [7, 11) is 0. The molecular formula is C25H22N6O2S. The number of anilines is 2. The average Bonchev–Trinajstić information content (AvgIpc) is 3.40. The van der Waals surface area contributed by atoms with Crippen molar-refractivity contribution in [3.63, 3.8) is 0 Å². The second-order valence-corrected chi connectivity index (χ2v) is 8.62. The van der Waals surface area contributed by atoms with Gasteiger partial charge in [-0.1, -0.05) is 53.6 Å². The van der Waals surface area contributed by atoms with Crippen molar-refractivity contribution in [2.24, 2.45) is 0 Å². The van der Waals surface area contributed by atoms with Gasteiger partial charge in [0.2, 0.25) is 10.9 Å². The lowest BCUT2D eigenvalue weighted by atomic mass is 10.1. The van der Waals surface area contributed by atoms with Crippen molar-refractivity contribution in [1.29, 1.82) is 0 Å². The van der Waals surface area contributed by atoms with Gasteiger partial charge < -0.3 is 10.1 Å². The van der Waals surface area contributed by atoms with Crippen LogP contribution in [0.4, 0.5) is 11.8 Å². The number of thiazole rings is 1. The quantitative estimate of drug-likeness (QED) is 0.330. The van der Waals surface area contributed by atoms with Crippen LogP contribution in [0.2, 0.25) is 0 Å². The summed E-state index contributed by atoms with van der Waals surface area (Å²) < 4.78 is 6.98. The molecule has 5 aromatic rings. The van der Waals surface area contributed by atoms with Gasteiger partial charge >= 0.3 is 5.97 Å². The number of carbonyl (C=O) groups is 1. The van der Waals surface area contributed by atoms with Gasteiger partial charge in [0.25, 0.3) is 0 Å². The van der Waals surface area contributed by atoms with Crippen LogP contribution in [-0.2, 0) is 4.74 Å². The minimum atomic E-state index is -0.512. The first-order valence-corrected chi connectivity index (χ1v) is 11.7. The number of aryl methyl sites for hydroxylation is 2. The Morgan fingerprint density at radius 1 is 1.06 bits per heavy atom. The van der Waals surface area contributed by atoms with Gasteiger partial charge in [0.15, 0.2) is 11.6 Å². The van der Waals surface area contributed by atoms with Crippen molar-refractivity contribution >= 4 is 34.0 Å². The number of carbonyl (C=O) groups excluding carboxylic acids is 1. The fourth-order valence-electron chi connectivity index (χ4n) is 3.52. The molecule has 2 aromatic carbocycles. The summed E-state index contributed by atoms with van der Waals surface area (Å²) in [6.07, 6.45) is 1.47. The third-order valence-corrected chi connectivity index (χ3v) is 6.04. The zero-order valence-electron chi connectivity index (χ0n) is 18.9. The third kappa shape index (κ3) is 4.25. The van der Waals surface area contributed by atoms with Crippen molar-refractivity contribution in [2.75, 3.05) is 11.9 Å². The molecular weight excluding hydrogens is 448 g/mol. The SMILES string of the molecule is CCOC(=O)c1cnc(-c2cccc(C)c2)nc1Nc1nc2scc(-c3ccc(C)cc3)n2n1. The Morgan fingerprint density at radius 2 is 1.88 bits per heavy atom.